The van der Waals surface area contributed by atoms with Crippen molar-refractivity contribution in [3.63, 3.8) is 0 Å². The Balaban J connectivity index is 0.000001000. The highest BCUT2D eigenvalue weighted by atomic mass is 19.2. The molecule has 0 aliphatic rings. The third-order valence-corrected chi connectivity index (χ3v) is 1.23. The van der Waals surface area contributed by atoms with Gasteiger partial charge in [0, 0.05) is 0 Å². The molecule has 4 heteroatoms. The monoisotopic (exact) mass is 164 g/mol. The average molecular weight is 164 g/mol. The average Bonchev–Trinajstić information content (AvgIpc) is 1.93. The van der Waals surface area contributed by atoms with Crippen LogP contribution < -0.4 is 0 Å². The Hall–Kier alpha value is -1.03. The summed E-state index contributed by atoms with van der Waals surface area (Å²) in [4.78, 5) is 0. The van der Waals surface area contributed by atoms with E-state index in [-0.39, 0.29) is 11.0 Å². The summed E-state index contributed by atoms with van der Waals surface area (Å²) in [6.45, 7) is 1.37. The Kier molecular flexibility index (Phi) is 3.07. The van der Waals surface area contributed by atoms with Crippen LogP contribution in [0.3, 0.4) is 0 Å². The molecule has 0 aromatic heterocycles. The van der Waals surface area contributed by atoms with Crippen LogP contribution in [-0.2, 0) is 0 Å². The van der Waals surface area contributed by atoms with E-state index in [9.17, 15) is 13.2 Å². The molecule has 0 saturated carbocycles. The second kappa shape index (κ2) is 3.39. The van der Waals surface area contributed by atoms with Crippen LogP contribution in [0.1, 0.15) is 5.56 Å². The molecule has 0 heterocycles. The summed E-state index contributed by atoms with van der Waals surface area (Å²) in [5.74, 6) is -3.66. The fourth-order valence-corrected chi connectivity index (χ4v) is 0.622. The molecule has 11 heavy (non-hydrogen) atoms. The van der Waals surface area contributed by atoms with Gasteiger partial charge in [-0.05, 0) is 18.6 Å². The highest BCUT2D eigenvalue weighted by Gasteiger charge is 2.09. The van der Waals surface area contributed by atoms with Crippen LogP contribution in [0.15, 0.2) is 12.1 Å². The summed E-state index contributed by atoms with van der Waals surface area (Å²) < 4.78 is 36.8. The lowest BCUT2D eigenvalue weighted by atomic mass is 10.2. The van der Waals surface area contributed by atoms with Crippen LogP contribution >= 0.6 is 0 Å². The molecule has 1 aromatic rings. The van der Waals surface area contributed by atoms with E-state index in [1.807, 2.05) is 0 Å². The van der Waals surface area contributed by atoms with Gasteiger partial charge >= 0.3 is 0 Å². The van der Waals surface area contributed by atoms with Crippen molar-refractivity contribution in [3.05, 3.63) is 35.1 Å². The summed E-state index contributed by atoms with van der Waals surface area (Å²) in [6, 6.07) is 2.08. The Morgan fingerprint density at radius 3 is 2.00 bits per heavy atom. The van der Waals surface area contributed by atoms with Gasteiger partial charge in [0.2, 0.25) is 0 Å². The van der Waals surface area contributed by atoms with Crippen molar-refractivity contribution in [2.45, 2.75) is 6.92 Å². The quantitative estimate of drug-likeness (QED) is 0.521. The summed E-state index contributed by atoms with van der Waals surface area (Å²) in [6.07, 6.45) is 0. The van der Waals surface area contributed by atoms with Gasteiger partial charge in [-0.15, -0.1) is 0 Å². The summed E-state index contributed by atoms with van der Waals surface area (Å²) in [5.41, 5.74) is 0.110. The zero-order valence-electron chi connectivity index (χ0n) is 5.79. The third-order valence-electron chi connectivity index (χ3n) is 1.23. The van der Waals surface area contributed by atoms with Gasteiger partial charge in [0.05, 0.1) is 0 Å². The van der Waals surface area contributed by atoms with Crippen LogP contribution in [0.25, 0.3) is 0 Å². The maximum Gasteiger partial charge on any atom is 0.194 e. The highest BCUT2D eigenvalue weighted by Crippen LogP contribution is 2.13. The van der Waals surface area contributed by atoms with Crippen LogP contribution in [-0.4, -0.2) is 5.48 Å². The first-order valence-corrected chi connectivity index (χ1v) is 2.73. The molecule has 1 aromatic carbocycles. The molecule has 1 nitrogen and oxygen atoms in total. The maximum atomic E-state index is 12.4. The smallest absolute Gasteiger partial charge is 0.194 e. The number of halogens is 3. The van der Waals surface area contributed by atoms with E-state index < -0.39 is 17.5 Å². The lowest BCUT2D eigenvalue weighted by Crippen LogP contribution is -1.92. The molecule has 0 bridgehead atoms. The standard InChI is InChI=1S/C7H5F3.H2O/c1-4-2-3-5(8)7(10)6(4)9;/h2-3H,1H3;1H2. The van der Waals surface area contributed by atoms with E-state index >= 15 is 0 Å². The number of hydrogen-bond acceptors (Lipinski definition) is 0. The molecule has 1 rings (SSSR count). The second-order valence-corrected chi connectivity index (χ2v) is 1.99. The normalized spacial score (nSPS) is 9.09. The predicted octanol–water partition coefficient (Wildman–Crippen LogP) is 1.59. The van der Waals surface area contributed by atoms with Crippen LogP contribution in [0.5, 0.6) is 0 Å². The third kappa shape index (κ3) is 1.71. The molecule has 0 aliphatic carbocycles. The molecule has 0 amide bonds. The highest BCUT2D eigenvalue weighted by molar-refractivity contribution is 5.18. The number of hydrogen-bond donors (Lipinski definition) is 0. The molecule has 0 aliphatic heterocycles. The Bertz CT molecular complexity index is 233. The van der Waals surface area contributed by atoms with Crippen LogP contribution in [0.2, 0.25) is 0 Å². The van der Waals surface area contributed by atoms with E-state index in [2.05, 4.69) is 0 Å². The van der Waals surface area contributed by atoms with Gasteiger partial charge in [0.1, 0.15) is 0 Å². The Morgan fingerprint density at radius 1 is 1.00 bits per heavy atom. The van der Waals surface area contributed by atoms with Gasteiger partial charge in [-0.25, -0.2) is 13.2 Å². The SMILES string of the molecule is Cc1ccc(F)c(F)c1F.O. The molecule has 0 saturated heterocycles. The first kappa shape index (κ1) is 9.97. The predicted molar refractivity (Wildman–Crippen MR) is 34.7 cm³/mol. The fraction of sp³-hybridized carbons (Fsp3) is 0.143. The molecule has 0 spiro atoms. The number of rotatable bonds is 0. The summed E-state index contributed by atoms with van der Waals surface area (Å²) >= 11 is 0. The van der Waals surface area contributed by atoms with E-state index in [4.69, 9.17) is 0 Å². The second-order valence-electron chi connectivity index (χ2n) is 1.99. The molecule has 0 unspecified atom stereocenters. The first-order valence-electron chi connectivity index (χ1n) is 2.73. The van der Waals surface area contributed by atoms with Crippen LogP contribution in [0, 0.1) is 24.4 Å². The van der Waals surface area contributed by atoms with E-state index in [1.54, 1.807) is 0 Å². The Morgan fingerprint density at radius 2 is 1.55 bits per heavy atom. The largest absolute Gasteiger partial charge is 0.412 e. The zero-order chi connectivity index (χ0) is 7.72. The minimum Gasteiger partial charge on any atom is -0.412 e. The number of aryl methyl sites for hydroxylation is 1. The van der Waals surface area contributed by atoms with Crippen molar-refractivity contribution in [2.24, 2.45) is 0 Å². The first-order chi connectivity index (χ1) is 4.63. The summed E-state index contributed by atoms with van der Waals surface area (Å²) in [5, 5.41) is 0. The van der Waals surface area contributed by atoms with Crippen molar-refractivity contribution in [1.29, 1.82) is 0 Å². The maximum absolute atomic E-state index is 12.4. The van der Waals surface area contributed by atoms with Gasteiger partial charge in [-0.2, -0.15) is 0 Å². The Labute approximate surface area is 61.8 Å². The van der Waals surface area contributed by atoms with Gasteiger partial charge in [0.25, 0.3) is 0 Å². The van der Waals surface area contributed by atoms with Gasteiger partial charge < -0.3 is 5.48 Å². The number of benzene rings is 1. The van der Waals surface area contributed by atoms with E-state index in [1.165, 1.54) is 13.0 Å². The fourth-order valence-electron chi connectivity index (χ4n) is 0.622. The van der Waals surface area contributed by atoms with Crippen molar-refractivity contribution in [3.8, 4) is 0 Å². The van der Waals surface area contributed by atoms with Crippen molar-refractivity contribution in [1.82, 2.24) is 0 Å². The minimum absolute atomic E-state index is 0. The van der Waals surface area contributed by atoms with Crippen molar-refractivity contribution in [2.75, 3.05) is 0 Å². The zero-order valence-corrected chi connectivity index (χ0v) is 5.79. The van der Waals surface area contributed by atoms with Crippen LogP contribution in [0.4, 0.5) is 13.2 Å². The van der Waals surface area contributed by atoms with Gasteiger partial charge in [0.15, 0.2) is 17.5 Å². The molecular formula is C7H7F3O. The van der Waals surface area contributed by atoms with Crippen molar-refractivity contribution >= 4 is 0 Å². The molecule has 0 radical (unpaired) electrons. The summed E-state index contributed by atoms with van der Waals surface area (Å²) in [7, 11) is 0. The molecule has 0 fully saturated rings. The van der Waals surface area contributed by atoms with Gasteiger partial charge in [-0.3, -0.25) is 0 Å². The molecule has 0 atom stereocenters. The molecule has 2 N–H and O–H groups in total. The van der Waals surface area contributed by atoms with Crippen molar-refractivity contribution < 1.29 is 18.6 Å². The van der Waals surface area contributed by atoms with Gasteiger partial charge in [-0.1, -0.05) is 6.07 Å². The topological polar surface area (TPSA) is 31.5 Å². The molecular weight excluding hydrogens is 157 g/mol. The molecule has 62 valence electrons. The lowest BCUT2D eigenvalue weighted by molar-refractivity contribution is 0.443. The minimum atomic E-state index is -1.40. The van der Waals surface area contributed by atoms with E-state index in [0.717, 1.165) is 6.07 Å². The van der Waals surface area contributed by atoms with E-state index in [0.29, 0.717) is 0 Å². The lowest BCUT2D eigenvalue weighted by Gasteiger charge is -1.96.